The van der Waals surface area contributed by atoms with E-state index in [2.05, 4.69) is 34.7 Å². The van der Waals surface area contributed by atoms with Gasteiger partial charge in [0, 0.05) is 42.7 Å². The maximum absolute atomic E-state index is 13.0. The van der Waals surface area contributed by atoms with E-state index >= 15 is 0 Å². The third-order valence-electron chi connectivity index (χ3n) is 5.05. The van der Waals surface area contributed by atoms with Crippen LogP contribution in [0.2, 0.25) is 5.02 Å². The minimum absolute atomic E-state index is 0.0660. The number of methoxy groups -OCH3 is 1. The minimum Gasteiger partial charge on any atom is -0.383 e. The van der Waals surface area contributed by atoms with Gasteiger partial charge in [0.15, 0.2) is 5.82 Å². The second kappa shape index (κ2) is 8.14. The molecule has 1 aromatic carbocycles. The highest BCUT2D eigenvalue weighted by Crippen LogP contribution is 2.46. The number of carbonyl (C=O) groups is 1. The molecule has 2 unspecified atom stereocenters. The zero-order valence-electron chi connectivity index (χ0n) is 16.7. The van der Waals surface area contributed by atoms with E-state index in [1.807, 2.05) is 28.0 Å². The number of ether oxygens (including phenoxy) is 1. The summed E-state index contributed by atoms with van der Waals surface area (Å²) in [5, 5.41) is 10.1. The van der Waals surface area contributed by atoms with E-state index in [9.17, 15) is 4.79 Å². The molecule has 0 fully saturated rings. The SMILES string of the molecule is COCCNN1C=Nc2nn(CC(C)C)cc2C1C1C(=O)Nc2ccc(Cl)cc21. The smallest absolute Gasteiger partial charge is 0.234 e. The molecule has 3 heterocycles. The topological polar surface area (TPSA) is 83.8 Å². The maximum atomic E-state index is 13.0. The van der Waals surface area contributed by atoms with Crippen LogP contribution in [0.5, 0.6) is 0 Å². The number of carbonyl (C=O) groups excluding carboxylic acids is 1. The van der Waals surface area contributed by atoms with Crippen LogP contribution in [-0.2, 0) is 16.1 Å². The number of aliphatic imine (C=N–C) groups is 1. The van der Waals surface area contributed by atoms with Crippen LogP contribution in [0.1, 0.15) is 36.9 Å². The summed E-state index contributed by atoms with van der Waals surface area (Å²) in [6.45, 7) is 6.19. The molecule has 0 bridgehead atoms. The Morgan fingerprint density at radius 3 is 2.93 bits per heavy atom. The zero-order valence-corrected chi connectivity index (χ0v) is 17.5. The highest BCUT2D eigenvalue weighted by Gasteiger charge is 2.43. The number of hydrogen-bond donors (Lipinski definition) is 2. The number of nitrogens with one attached hydrogen (secondary N) is 2. The summed E-state index contributed by atoms with van der Waals surface area (Å²) in [5.74, 6) is 0.581. The summed E-state index contributed by atoms with van der Waals surface area (Å²) >= 11 is 6.25. The van der Waals surface area contributed by atoms with E-state index in [0.29, 0.717) is 29.9 Å². The molecule has 2 aromatic rings. The van der Waals surface area contributed by atoms with Gasteiger partial charge in [-0.05, 0) is 29.7 Å². The second-order valence-corrected chi connectivity index (χ2v) is 8.16. The zero-order chi connectivity index (χ0) is 20.5. The van der Waals surface area contributed by atoms with Crippen molar-refractivity contribution in [1.29, 1.82) is 0 Å². The Kier molecular flexibility index (Phi) is 5.58. The molecular formula is C20H25ClN6O2. The highest BCUT2D eigenvalue weighted by atomic mass is 35.5. The fourth-order valence-electron chi connectivity index (χ4n) is 3.87. The molecule has 2 aliphatic rings. The lowest BCUT2D eigenvalue weighted by atomic mass is 9.88. The van der Waals surface area contributed by atoms with Gasteiger partial charge in [-0.1, -0.05) is 25.4 Å². The summed E-state index contributed by atoms with van der Waals surface area (Å²) in [6.07, 6.45) is 3.70. The number of fused-ring (bicyclic) bond motifs is 2. The Morgan fingerprint density at radius 1 is 1.34 bits per heavy atom. The van der Waals surface area contributed by atoms with E-state index in [1.165, 1.54) is 0 Å². The van der Waals surface area contributed by atoms with Crippen LogP contribution in [0.25, 0.3) is 0 Å². The Morgan fingerprint density at radius 2 is 2.17 bits per heavy atom. The first kappa shape index (κ1) is 19.9. The Bertz CT molecular complexity index is 941. The normalized spacial score (nSPS) is 20.2. The second-order valence-electron chi connectivity index (χ2n) is 7.72. The molecule has 2 N–H and O–H groups in total. The van der Waals surface area contributed by atoms with Crippen molar-refractivity contribution in [3.8, 4) is 0 Å². The van der Waals surface area contributed by atoms with Gasteiger partial charge >= 0.3 is 0 Å². The van der Waals surface area contributed by atoms with Crippen molar-refractivity contribution in [3.63, 3.8) is 0 Å². The lowest BCUT2D eigenvalue weighted by Crippen LogP contribution is -2.45. The van der Waals surface area contributed by atoms with E-state index in [4.69, 9.17) is 16.3 Å². The highest BCUT2D eigenvalue weighted by molar-refractivity contribution is 6.31. The predicted octanol–water partition coefficient (Wildman–Crippen LogP) is 3.10. The van der Waals surface area contributed by atoms with Crippen LogP contribution in [0.15, 0.2) is 29.4 Å². The number of halogens is 1. The molecule has 0 aliphatic carbocycles. The fourth-order valence-corrected chi connectivity index (χ4v) is 4.05. The molecule has 1 amide bonds. The number of hydrogen-bond acceptors (Lipinski definition) is 6. The van der Waals surface area contributed by atoms with Gasteiger partial charge in [0.1, 0.15) is 6.34 Å². The van der Waals surface area contributed by atoms with Crippen LogP contribution in [-0.4, -0.2) is 47.3 Å². The number of rotatable bonds is 7. The first-order valence-corrected chi connectivity index (χ1v) is 10.1. The molecule has 9 heteroatoms. The number of nitrogens with zero attached hydrogens (tertiary/aromatic N) is 4. The fraction of sp³-hybridized carbons (Fsp3) is 0.450. The number of aromatic nitrogens is 2. The third kappa shape index (κ3) is 3.88. The molecule has 29 heavy (non-hydrogen) atoms. The van der Waals surface area contributed by atoms with Crippen molar-refractivity contribution < 1.29 is 9.53 Å². The van der Waals surface area contributed by atoms with Gasteiger partial charge in [0.25, 0.3) is 0 Å². The summed E-state index contributed by atoms with van der Waals surface area (Å²) < 4.78 is 7.06. The van der Waals surface area contributed by atoms with Gasteiger partial charge < -0.3 is 10.1 Å². The average Bonchev–Trinajstić information content (AvgIpc) is 3.21. The van der Waals surface area contributed by atoms with Gasteiger partial charge in [-0.2, -0.15) is 5.10 Å². The third-order valence-corrected chi connectivity index (χ3v) is 5.28. The lowest BCUT2D eigenvalue weighted by Gasteiger charge is -2.35. The van der Waals surface area contributed by atoms with Crippen LogP contribution < -0.4 is 10.7 Å². The van der Waals surface area contributed by atoms with Crippen LogP contribution in [0.3, 0.4) is 0 Å². The van der Waals surface area contributed by atoms with Gasteiger partial charge in [-0.25, -0.2) is 10.4 Å². The number of amides is 1. The number of benzene rings is 1. The number of anilines is 1. The van der Waals surface area contributed by atoms with Gasteiger partial charge in [0.2, 0.25) is 5.91 Å². The quantitative estimate of drug-likeness (QED) is 0.677. The Hall–Kier alpha value is -2.42. The Balaban J connectivity index is 1.75. The number of hydrazine groups is 1. The molecular weight excluding hydrogens is 392 g/mol. The van der Waals surface area contributed by atoms with Crippen molar-refractivity contribution in [3.05, 3.63) is 40.5 Å². The van der Waals surface area contributed by atoms with Gasteiger partial charge in [-0.15, -0.1) is 0 Å². The van der Waals surface area contributed by atoms with Gasteiger partial charge in [0.05, 0.1) is 18.6 Å². The maximum Gasteiger partial charge on any atom is 0.234 e. The van der Waals surface area contributed by atoms with E-state index in [-0.39, 0.29) is 11.9 Å². The van der Waals surface area contributed by atoms with Crippen molar-refractivity contribution in [2.45, 2.75) is 32.4 Å². The molecule has 2 aliphatic heterocycles. The summed E-state index contributed by atoms with van der Waals surface area (Å²) in [7, 11) is 1.65. The van der Waals surface area contributed by atoms with Crippen LogP contribution in [0.4, 0.5) is 11.5 Å². The Labute approximate surface area is 174 Å². The van der Waals surface area contributed by atoms with Crippen LogP contribution >= 0.6 is 11.6 Å². The standard InChI is InChI=1S/C20H25ClN6O2/c1-12(2)9-26-10-15-18(27(23-6-7-29-3)11-22-19(15)25-26)17-14-8-13(21)4-5-16(14)24-20(17)28/h4-5,8,10-12,17-18,23H,6-7,9H2,1-3H3,(H,24,28). The lowest BCUT2D eigenvalue weighted by molar-refractivity contribution is -0.118. The van der Waals surface area contributed by atoms with E-state index < -0.39 is 5.92 Å². The largest absolute Gasteiger partial charge is 0.383 e. The molecule has 8 nitrogen and oxygen atoms in total. The summed E-state index contributed by atoms with van der Waals surface area (Å²) in [5.41, 5.74) is 5.89. The van der Waals surface area contributed by atoms with Gasteiger partial charge in [-0.3, -0.25) is 14.5 Å². The van der Waals surface area contributed by atoms with E-state index in [1.54, 1.807) is 19.5 Å². The molecule has 154 valence electrons. The first-order valence-electron chi connectivity index (χ1n) is 9.70. The molecule has 4 rings (SSSR count). The van der Waals surface area contributed by atoms with E-state index in [0.717, 1.165) is 23.4 Å². The average molecular weight is 417 g/mol. The first-order chi connectivity index (χ1) is 14.0. The van der Waals surface area contributed by atoms with Crippen molar-refractivity contribution >= 4 is 35.4 Å². The minimum atomic E-state index is -0.444. The summed E-state index contributed by atoms with van der Waals surface area (Å²) in [6, 6.07) is 5.18. The van der Waals surface area contributed by atoms with Crippen molar-refractivity contribution in [1.82, 2.24) is 20.2 Å². The molecule has 0 saturated carbocycles. The summed E-state index contributed by atoms with van der Waals surface area (Å²) in [4.78, 5) is 17.5. The molecule has 2 atom stereocenters. The van der Waals surface area contributed by atoms with Crippen molar-refractivity contribution in [2.75, 3.05) is 25.6 Å². The predicted molar refractivity (Wildman–Crippen MR) is 112 cm³/mol. The molecule has 0 radical (unpaired) electrons. The van der Waals surface area contributed by atoms with Crippen LogP contribution in [0, 0.1) is 5.92 Å². The monoisotopic (exact) mass is 416 g/mol. The molecule has 1 aromatic heterocycles. The molecule has 0 saturated heterocycles. The molecule has 0 spiro atoms. The van der Waals surface area contributed by atoms with Crippen molar-refractivity contribution in [2.24, 2.45) is 10.9 Å².